The van der Waals surface area contributed by atoms with E-state index in [1.807, 2.05) is 30.3 Å². The number of hydrogen-bond acceptors (Lipinski definition) is 3. The third-order valence-electron chi connectivity index (χ3n) is 3.76. The van der Waals surface area contributed by atoms with Crippen molar-refractivity contribution in [2.45, 2.75) is 30.3 Å². The van der Waals surface area contributed by atoms with Crippen molar-refractivity contribution >= 4 is 11.8 Å². The molecule has 0 bridgehead atoms. The Balaban J connectivity index is 1.53. The zero-order valence-corrected chi connectivity index (χ0v) is 12.8. The molecular formula is C18H20O2S. The van der Waals surface area contributed by atoms with Crippen LogP contribution in [0.5, 0.6) is 5.75 Å². The standard InChI is InChI=1S/C18H20O2S/c19-18-8-4-5-14-9-10-15(13-17(14)18)20-11-12-21-16-6-2-1-3-7-16/h1-3,6-7,9-10,13,18-19H,4-5,8,11-12H2. The highest BCUT2D eigenvalue weighted by Crippen LogP contribution is 2.32. The summed E-state index contributed by atoms with van der Waals surface area (Å²) < 4.78 is 5.81. The van der Waals surface area contributed by atoms with Crippen LogP contribution in [0.15, 0.2) is 53.4 Å². The van der Waals surface area contributed by atoms with Crippen LogP contribution in [0.2, 0.25) is 0 Å². The molecule has 1 aliphatic carbocycles. The molecule has 0 heterocycles. The summed E-state index contributed by atoms with van der Waals surface area (Å²) in [6, 6.07) is 16.5. The first-order chi connectivity index (χ1) is 10.3. The minimum absolute atomic E-state index is 0.323. The fraction of sp³-hybridized carbons (Fsp3) is 0.333. The number of rotatable bonds is 5. The van der Waals surface area contributed by atoms with Crippen molar-refractivity contribution in [1.29, 1.82) is 0 Å². The number of thioether (sulfide) groups is 1. The van der Waals surface area contributed by atoms with Gasteiger partial charge in [-0.2, -0.15) is 0 Å². The van der Waals surface area contributed by atoms with Gasteiger partial charge in [-0.25, -0.2) is 0 Å². The van der Waals surface area contributed by atoms with E-state index in [4.69, 9.17) is 4.74 Å². The van der Waals surface area contributed by atoms with Crippen molar-refractivity contribution in [1.82, 2.24) is 0 Å². The first-order valence-electron chi connectivity index (χ1n) is 7.44. The fourth-order valence-corrected chi connectivity index (χ4v) is 3.43. The Morgan fingerprint density at radius 3 is 2.86 bits per heavy atom. The van der Waals surface area contributed by atoms with Crippen LogP contribution in [0, 0.1) is 0 Å². The summed E-state index contributed by atoms with van der Waals surface area (Å²) in [5.41, 5.74) is 2.31. The molecule has 0 spiro atoms. The second-order valence-electron chi connectivity index (χ2n) is 5.28. The molecule has 0 aliphatic heterocycles. The summed E-state index contributed by atoms with van der Waals surface area (Å²) in [5, 5.41) is 10.0. The van der Waals surface area contributed by atoms with Crippen molar-refractivity contribution in [3.05, 3.63) is 59.7 Å². The lowest BCUT2D eigenvalue weighted by Gasteiger charge is -2.22. The lowest BCUT2D eigenvalue weighted by Crippen LogP contribution is -2.09. The maximum Gasteiger partial charge on any atom is 0.119 e. The highest BCUT2D eigenvalue weighted by atomic mass is 32.2. The van der Waals surface area contributed by atoms with E-state index in [0.29, 0.717) is 6.61 Å². The molecular weight excluding hydrogens is 280 g/mol. The Labute approximate surface area is 130 Å². The van der Waals surface area contributed by atoms with E-state index in [9.17, 15) is 5.11 Å². The molecule has 110 valence electrons. The van der Waals surface area contributed by atoms with Gasteiger partial charge in [-0.15, -0.1) is 11.8 Å². The topological polar surface area (TPSA) is 29.5 Å². The van der Waals surface area contributed by atoms with E-state index < -0.39 is 0 Å². The third-order valence-corrected chi connectivity index (χ3v) is 4.74. The van der Waals surface area contributed by atoms with Crippen LogP contribution in [0.4, 0.5) is 0 Å². The molecule has 21 heavy (non-hydrogen) atoms. The Bertz CT molecular complexity index is 583. The smallest absolute Gasteiger partial charge is 0.119 e. The number of aliphatic hydroxyl groups excluding tert-OH is 1. The van der Waals surface area contributed by atoms with E-state index in [1.54, 1.807) is 11.8 Å². The van der Waals surface area contributed by atoms with Crippen molar-refractivity contribution in [2.24, 2.45) is 0 Å². The van der Waals surface area contributed by atoms with E-state index in [2.05, 4.69) is 18.2 Å². The molecule has 0 fully saturated rings. The lowest BCUT2D eigenvalue weighted by atomic mass is 9.89. The van der Waals surface area contributed by atoms with E-state index in [1.165, 1.54) is 10.5 Å². The van der Waals surface area contributed by atoms with Crippen LogP contribution in [0.1, 0.15) is 30.1 Å². The minimum Gasteiger partial charge on any atom is -0.493 e. The molecule has 0 aromatic heterocycles. The number of benzene rings is 2. The number of hydrogen-bond donors (Lipinski definition) is 1. The molecule has 0 amide bonds. The summed E-state index contributed by atoms with van der Waals surface area (Å²) in [4.78, 5) is 1.27. The Morgan fingerprint density at radius 2 is 2.00 bits per heavy atom. The van der Waals surface area contributed by atoms with Crippen molar-refractivity contribution in [2.75, 3.05) is 12.4 Å². The van der Waals surface area contributed by atoms with Gasteiger partial charge in [0, 0.05) is 10.6 Å². The summed E-state index contributed by atoms with van der Waals surface area (Å²) in [7, 11) is 0. The van der Waals surface area contributed by atoms with E-state index in [0.717, 1.165) is 36.3 Å². The molecule has 0 saturated carbocycles. The number of fused-ring (bicyclic) bond motifs is 1. The first kappa shape index (κ1) is 14.5. The quantitative estimate of drug-likeness (QED) is 0.662. The predicted molar refractivity (Wildman–Crippen MR) is 87.0 cm³/mol. The molecule has 1 N–H and O–H groups in total. The van der Waals surface area contributed by atoms with E-state index in [-0.39, 0.29) is 6.10 Å². The van der Waals surface area contributed by atoms with Gasteiger partial charge in [0.25, 0.3) is 0 Å². The largest absolute Gasteiger partial charge is 0.493 e. The molecule has 2 aromatic carbocycles. The average Bonchev–Trinajstić information content (AvgIpc) is 2.53. The highest BCUT2D eigenvalue weighted by Gasteiger charge is 2.18. The summed E-state index contributed by atoms with van der Waals surface area (Å²) >= 11 is 1.79. The molecule has 2 nitrogen and oxygen atoms in total. The van der Waals surface area contributed by atoms with Gasteiger partial charge in [-0.05, 0) is 54.7 Å². The SMILES string of the molecule is OC1CCCc2ccc(OCCSc3ccccc3)cc21. The van der Waals surface area contributed by atoms with Crippen LogP contribution < -0.4 is 4.74 Å². The number of aryl methyl sites for hydroxylation is 1. The normalized spacial score (nSPS) is 17.3. The van der Waals surface area contributed by atoms with Gasteiger partial charge in [0.1, 0.15) is 5.75 Å². The second kappa shape index (κ2) is 7.01. The Kier molecular flexibility index (Phi) is 4.84. The van der Waals surface area contributed by atoms with Crippen LogP contribution >= 0.6 is 11.8 Å². The van der Waals surface area contributed by atoms with E-state index >= 15 is 0 Å². The molecule has 0 saturated heterocycles. The minimum atomic E-state index is -0.323. The van der Waals surface area contributed by atoms with Crippen LogP contribution in [0.3, 0.4) is 0 Å². The average molecular weight is 300 g/mol. The Morgan fingerprint density at radius 1 is 1.14 bits per heavy atom. The zero-order valence-electron chi connectivity index (χ0n) is 12.0. The van der Waals surface area contributed by atoms with Crippen molar-refractivity contribution < 1.29 is 9.84 Å². The monoisotopic (exact) mass is 300 g/mol. The molecule has 1 unspecified atom stereocenters. The first-order valence-corrected chi connectivity index (χ1v) is 8.43. The fourth-order valence-electron chi connectivity index (χ4n) is 2.68. The molecule has 0 radical (unpaired) electrons. The molecule has 3 heteroatoms. The zero-order chi connectivity index (χ0) is 14.5. The molecule has 1 atom stereocenters. The molecule has 2 aromatic rings. The number of aliphatic hydroxyl groups is 1. The summed E-state index contributed by atoms with van der Waals surface area (Å²) in [6.45, 7) is 0.675. The molecule has 1 aliphatic rings. The maximum atomic E-state index is 10.0. The van der Waals surface area contributed by atoms with Crippen molar-refractivity contribution in [3.63, 3.8) is 0 Å². The lowest BCUT2D eigenvalue weighted by molar-refractivity contribution is 0.156. The van der Waals surface area contributed by atoms with Gasteiger partial charge in [0.05, 0.1) is 12.7 Å². The van der Waals surface area contributed by atoms with Gasteiger partial charge < -0.3 is 9.84 Å². The van der Waals surface area contributed by atoms with Gasteiger partial charge in [-0.3, -0.25) is 0 Å². The molecule has 3 rings (SSSR count). The van der Waals surface area contributed by atoms with Gasteiger partial charge in [0.15, 0.2) is 0 Å². The van der Waals surface area contributed by atoms with Crippen LogP contribution in [0.25, 0.3) is 0 Å². The van der Waals surface area contributed by atoms with Crippen molar-refractivity contribution in [3.8, 4) is 5.75 Å². The maximum absolute atomic E-state index is 10.0. The third kappa shape index (κ3) is 3.80. The summed E-state index contributed by atoms with van der Waals surface area (Å²) in [6.07, 6.45) is 2.68. The highest BCUT2D eigenvalue weighted by molar-refractivity contribution is 7.99. The Hall–Kier alpha value is -1.45. The summed E-state index contributed by atoms with van der Waals surface area (Å²) in [5.74, 6) is 1.78. The van der Waals surface area contributed by atoms with Gasteiger partial charge >= 0.3 is 0 Å². The predicted octanol–water partition coefficient (Wildman–Crippen LogP) is 4.23. The van der Waals surface area contributed by atoms with Gasteiger partial charge in [-0.1, -0.05) is 24.3 Å². The van der Waals surface area contributed by atoms with Gasteiger partial charge in [0.2, 0.25) is 0 Å². The second-order valence-corrected chi connectivity index (χ2v) is 6.45. The van der Waals surface area contributed by atoms with Crippen LogP contribution in [-0.2, 0) is 6.42 Å². The number of ether oxygens (including phenoxy) is 1. The van der Waals surface area contributed by atoms with Crippen LogP contribution in [-0.4, -0.2) is 17.5 Å².